The molecule has 0 aliphatic carbocycles. The summed E-state index contributed by atoms with van der Waals surface area (Å²) in [6, 6.07) is 0. The largest absolute Gasteiger partial charge is 0.469 e. The van der Waals surface area contributed by atoms with Gasteiger partial charge in [-0.15, -0.1) is 0 Å². The summed E-state index contributed by atoms with van der Waals surface area (Å²) in [6.07, 6.45) is 17.1. The Labute approximate surface area is 170 Å². The molecule has 0 aliphatic heterocycles. The van der Waals surface area contributed by atoms with Crippen LogP contribution in [0.1, 0.15) is 98.3 Å². The summed E-state index contributed by atoms with van der Waals surface area (Å²) in [5.41, 5.74) is 0. The topological polar surface area (TPSA) is 35.5 Å². The first-order valence-corrected chi connectivity index (χ1v) is 13.9. The van der Waals surface area contributed by atoms with Crippen LogP contribution in [-0.4, -0.2) is 27.5 Å². The van der Waals surface area contributed by atoms with Crippen LogP contribution < -0.4 is 0 Å². The molecular formula is C23H46O3Si. The average Bonchev–Trinajstić information content (AvgIpc) is 2.58. The van der Waals surface area contributed by atoms with Crippen LogP contribution in [0.25, 0.3) is 0 Å². The van der Waals surface area contributed by atoms with Crippen LogP contribution >= 0.6 is 0 Å². The number of methoxy groups -OCH3 is 1. The Bertz CT molecular complexity index is 410. The van der Waals surface area contributed by atoms with E-state index in [4.69, 9.17) is 9.16 Å². The van der Waals surface area contributed by atoms with Gasteiger partial charge in [-0.2, -0.15) is 0 Å². The zero-order chi connectivity index (χ0) is 20.8. The van der Waals surface area contributed by atoms with Crippen molar-refractivity contribution in [2.45, 2.75) is 123 Å². The van der Waals surface area contributed by atoms with Crippen molar-refractivity contribution in [1.29, 1.82) is 0 Å². The monoisotopic (exact) mass is 398 g/mol. The minimum atomic E-state index is -1.75. The van der Waals surface area contributed by atoms with Crippen molar-refractivity contribution >= 4 is 14.3 Å². The molecule has 0 rings (SSSR count). The normalized spacial score (nSPS) is 13.9. The fraction of sp³-hybridized carbons (Fsp3) is 0.870. The van der Waals surface area contributed by atoms with Gasteiger partial charge >= 0.3 is 5.97 Å². The van der Waals surface area contributed by atoms with E-state index in [-0.39, 0.29) is 11.0 Å². The molecule has 0 aromatic heterocycles. The first kappa shape index (κ1) is 26.4. The van der Waals surface area contributed by atoms with Crippen molar-refractivity contribution < 1.29 is 14.0 Å². The van der Waals surface area contributed by atoms with Gasteiger partial charge in [0, 0.05) is 12.5 Å². The number of ether oxygens (including phenoxy) is 1. The maximum absolute atomic E-state index is 11.2. The maximum atomic E-state index is 11.2. The van der Waals surface area contributed by atoms with Crippen LogP contribution in [-0.2, 0) is 14.0 Å². The van der Waals surface area contributed by atoms with Crippen LogP contribution in [0.2, 0.25) is 18.1 Å². The lowest BCUT2D eigenvalue weighted by molar-refractivity contribution is -0.140. The van der Waals surface area contributed by atoms with E-state index in [0.29, 0.717) is 12.5 Å². The molecule has 0 bridgehead atoms. The Hall–Kier alpha value is -0.613. The molecule has 1 unspecified atom stereocenters. The lowest BCUT2D eigenvalue weighted by atomic mass is 10.1. The summed E-state index contributed by atoms with van der Waals surface area (Å²) in [4.78, 5) is 11.2. The molecule has 0 N–H and O–H groups in total. The highest BCUT2D eigenvalue weighted by Crippen LogP contribution is 2.38. The molecule has 0 aromatic carbocycles. The number of unbranched alkanes of at least 4 members (excludes halogenated alkanes) is 6. The average molecular weight is 399 g/mol. The first-order chi connectivity index (χ1) is 12.6. The second-order valence-electron chi connectivity index (χ2n) is 9.23. The molecule has 0 saturated heterocycles. The molecule has 0 heterocycles. The van der Waals surface area contributed by atoms with E-state index in [1.807, 2.05) is 0 Å². The summed E-state index contributed by atoms with van der Waals surface area (Å²) in [7, 11) is -0.296. The van der Waals surface area contributed by atoms with Crippen LogP contribution in [0.5, 0.6) is 0 Å². The van der Waals surface area contributed by atoms with Crippen LogP contribution in [0.15, 0.2) is 12.2 Å². The van der Waals surface area contributed by atoms with Crippen molar-refractivity contribution in [3.8, 4) is 0 Å². The predicted octanol–water partition coefficient (Wildman–Crippen LogP) is 7.42. The van der Waals surface area contributed by atoms with Crippen molar-refractivity contribution in [2.75, 3.05) is 7.11 Å². The molecule has 0 amide bonds. The molecule has 27 heavy (non-hydrogen) atoms. The number of allylic oxidation sites excluding steroid dienone is 1. The molecular weight excluding hydrogens is 352 g/mol. The van der Waals surface area contributed by atoms with E-state index in [1.54, 1.807) is 0 Å². The summed E-state index contributed by atoms with van der Waals surface area (Å²) in [5.74, 6) is -0.102. The molecule has 0 aliphatic rings. The quantitative estimate of drug-likeness (QED) is 0.125. The predicted molar refractivity (Wildman–Crippen MR) is 120 cm³/mol. The van der Waals surface area contributed by atoms with Crippen molar-refractivity contribution in [3.63, 3.8) is 0 Å². The summed E-state index contributed by atoms with van der Waals surface area (Å²) < 4.78 is 11.4. The SMILES string of the molecule is CCCCCC/C=C/CC(CCCCCC(=O)OC)O[Si](C)(C)C(C)(C)C. The second-order valence-corrected chi connectivity index (χ2v) is 14.0. The standard InChI is InChI=1S/C23H46O3Si/c1-8-9-10-11-12-13-15-18-21(26-27(6,7)23(2,3)4)19-16-14-17-20-22(24)25-5/h13,15,21H,8-12,14,16-20H2,1-7H3/b15-13+. The van der Waals surface area contributed by atoms with Crippen molar-refractivity contribution in [1.82, 2.24) is 0 Å². The number of carbonyl (C=O) groups is 1. The summed E-state index contributed by atoms with van der Waals surface area (Å²) >= 11 is 0. The third-order valence-corrected chi connectivity index (χ3v) is 10.2. The van der Waals surface area contributed by atoms with E-state index in [0.717, 1.165) is 32.1 Å². The molecule has 4 heteroatoms. The van der Waals surface area contributed by atoms with Gasteiger partial charge in [0.15, 0.2) is 8.32 Å². The molecule has 160 valence electrons. The molecule has 0 spiro atoms. The van der Waals surface area contributed by atoms with Gasteiger partial charge in [0.05, 0.1) is 7.11 Å². The summed E-state index contributed by atoms with van der Waals surface area (Å²) in [5, 5.41) is 0.236. The molecule has 0 saturated carbocycles. The third-order valence-electron chi connectivity index (χ3n) is 5.69. The number of rotatable bonds is 15. The molecule has 0 fully saturated rings. The smallest absolute Gasteiger partial charge is 0.305 e. The second kappa shape index (κ2) is 14.4. The molecule has 1 atom stereocenters. The van der Waals surface area contributed by atoms with Crippen molar-refractivity contribution in [3.05, 3.63) is 12.2 Å². The number of hydrogen-bond acceptors (Lipinski definition) is 3. The Morgan fingerprint density at radius 1 is 1.00 bits per heavy atom. The summed E-state index contributed by atoms with van der Waals surface area (Å²) in [6.45, 7) is 13.8. The van der Waals surface area contributed by atoms with Crippen LogP contribution in [0.4, 0.5) is 0 Å². The minimum absolute atomic E-state index is 0.102. The van der Waals surface area contributed by atoms with Crippen LogP contribution in [0.3, 0.4) is 0 Å². The molecule has 0 aromatic rings. The Kier molecular flexibility index (Phi) is 14.1. The van der Waals surface area contributed by atoms with Gasteiger partial charge in [-0.05, 0) is 50.2 Å². The first-order valence-electron chi connectivity index (χ1n) is 11.0. The van der Waals surface area contributed by atoms with E-state index in [1.165, 1.54) is 39.2 Å². The highest BCUT2D eigenvalue weighted by molar-refractivity contribution is 6.74. The number of esters is 1. The zero-order valence-electron chi connectivity index (χ0n) is 19.2. The van der Waals surface area contributed by atoms with Crippen LogP contribution in [0, 0.1) is 0 Å². The van der Waals surface area contributed by atoms with Gasteiger partial charge in [0.25, 0.3) is 0 Å². The van der Waals surface area contributed by atoms with Gasteiger partial charge in [-0.3, -0.25) is 4.79 Å². The van der Waals surface area contributed by atoms with Gasteiger partial charge in [-0.25, -0.2) is 0 Å². The fourth-order valence-electron chi connectivity index (χ4n) is 2.79. The Morgan fingerprint density at radius 2 is 1.67 bits per heavy atom. The Morgan fingerprint density at radius 3 is 2.26 bits per heavy atom. The van der Waals surface area contributed by atoms with Gasteiger partial charge in [-0.1, -0.05) is 72.0 Å². The van der Waals surface area contributed by atoms with E-state index >= 15 is 0 Å². The zero-order valence-corrected chi connectivity index (χ0v) is 20.2. The molecule has 3 nitrogen and oxygen atoms in total. The lowest BCUT2D eigenvalue weighted by Gasteiger charge is -2.39. The third kappa shape index (κ3) is 13.2. The lowest BCUT2D eigenvalue weighted by Crippen LogP contribution is -2.43. The van der Waals surface area contributed by atoms with E-state index in [9.17, 15) is 4.79 Å². The van der Waals surface area contributed by atoms with E-state index < -0.39 is 8.32 Å². The number of hydrogen-bond donors (Lipinski definition) is 0. The number of carbonyl (C=O) groups excluding carboxylic acids is 1. The van der Waals surface area contributed by atoms with Crippen molar-refractivity contribution in [2.24, 2.45) is 0 Å². The van der Waals surface area contributed by atoms with Gasteiger partial charge < -0.3 is 9.16 Å². The van der Waals surface area contributed by atoms with Gasteiger partial charge in [0.2, 0.25) is 0 Å². The van der Waals surface area contributed by atoms with Gasteiger partial charge in [0.1, 0.15) is 0 Å². The molecule has 0 radical (unpaired) electrons. The fourth-order valence-corrected chi connectivity index (χ4v) is 4.19. The highest BCUT2D eigenvalue weighted by atomic mass is 28.4. The highest BCUT2D eigenvalue weighted by Gasteiger charge is 2.38. The maximum Gasteiger partial charge on any atom is 0.305 e. The Balaban J connectivity index is 4.45. The van der Waals surface area contributed by atoms with E-state index in [2.05, 4.69) is 52.9 Å². The minimum Gasteiger partial charge on any atom is -0.469 e.